The van der Waals surface area contributed by atoms with Crippen molar-refractivity contribution in [2.45, 2.75) is 38.5 Å². The molecule has 0 rings (SSSR count). The predicted molar refractivity (Wildman–Crippen MR) is 64.4 cm³/mol. The van der Waals surface area contributed by atoms with Crippen molar-refractivity contribution in [1.29, 1.82) is 10.5 Å². The molecule has 0 aromatic carbocycles. The standard InChI is InChI=1S/C12H22N4/c13-7-3-1-2-4-10-16(11-5-8-14)12-6-9-15/h1-7,10-13H2. The molecular formula is C12H22N4. The van der Waals surface area contributed by atoms with E-state index in [0.717, 1.165) is 39.0 Å². The molecule has 0 radical (unpaired) electrons. The molecule has 0 bridgehead atoms. The van der Waals surface area contributed by atoms with Crippen LogP contribution < -0.4 is 5.73 Å². The topological polar surface area (TPSA) is 76.8 Å². The van der Waals surface area contributed by atoms with Crippen LogP contribution in [0, 0.1) is 22.7 Å². The molecule has 0 fully saturated rings. The monoisotopic (exact) mass is 222 g/mol. The third-order valence-electron chi connectivity index (χ3n) is 2.51. The number of nitrogens with two attached hydrogens (primary N) is 1. The summed E-state index contributed by atoms with van der Waals surface area (Å²) in [4.78, 5) is 2.20. The summed E-state index contributed by atoms with van der Waals surface area (Å²) >= 11 is 0. The molecule has 0 aromatic rings. The largest absolute Gasteiger partial charge is 0.330 e. The van der Waals surface area contributed by atoms with Gasteiger partial charge >= 0.3 is 0 Å². The third kappa shape index (κ3) is 9.45. The van der Waals surface area contributed by atoms with Crippen molar-refractivity contribution in [2.75, 3.05) is 26.2 Å². The molecule has 4 heteroatoms. The summed E-state index contributed by atoms with van der Waals surface area (Å²) in [7, 11) is 0. The van der Waals surface area contributed by atoms with E-state index in [4.69, 9.17) is 16.3 Å². The van der Waals surface area contributed by atoms with Crippen LogP contribution in [0.5, 0.6) is 0 Å². The molecular weight excluding hydrogens is 200 g/mol. The molecule has 0 heterocycles. The van der Waals surface area contributed by atoms with E-state index in [1.165, 1.54) is 12.8 Å². The molecule has 0 aliphatic heterocycles. The molecule has 0 spiro atoms. The Morgan fingerprint density at radius 2 is 1.38 bits per heavy atom. The lowest BCUT2D eigenvalue weighted by Crippen LogP contribution is -2.27. The van der Waals surface area contributed by atoms with Gasteiger partial charge in [-0.2, -0.15) is 10.5 Å². The first kappa shape index (κ1) is 14.9. The number of nitriles is 2. The molecule has 2 N–H and O–H groups in total. The zero-order chi connectivity index (χ0) is 12.1. The van der Waals surface area contributed by atoms with Gasteiger partial charge in [-0.1, -0.05) is 12.8 Å². The molecule has 90 valence electrons. The van der Waals surface area contributed by atoms with Crippen LogP contribution in [-0.4, -0.2) is 31.1 Å². The lowest BCUT2D eigenvalue weighted by Gasteiger charge is -2.19. The molecule has 0 atom stereocenters. The fourth-order valence-corrected chi connectivity index (χ4v) is 1.58. The number of unbranched alkanes of at least 4 members (excludes halogenated alkanes) is 3. The number of rotatable bonds is 10. The summed E-state index contributed by atoms with van der Waals surface area (Å²) in [6, 6.07) is 4.29. The summed E-state index contributed by atoms with van der Waals surface area (Å²) in [5.74, 6) is 0. The first-order valence-corrected chi connectivity index (χ1v) is 6.01. The molecule has 0 aliphatic rings. The van der Waals surface area contributed by atoms with Crippen LogP contribution in [0.1, 0.15) is 38.5 Å². The number of hydrogen-bond donors (Lipinski definition) is 1. The van der Waals surface area contributed by atoms with Crippen LogP contribution in [-0.2, 0) is 0 Å². The zero-order valence-electron chi connectivity index (χ0n) is 9.99. The fraction of sp³-hybridized carbons (Fsp3) is 0.833. The maximum Gasteiger partial charge on any atom is 0.0635 e. The second-order valence-electron chi connectivity index (χ2n) is 3.86. The molecule has 0 saturated heterocycles. The van der Waals surface area contributed by atoms with Gasteiger partial charge < -0.3 is 10.6 Å². The van der Waals surface area contributed by atoms with Crippen LogP contribution in [0.25, 0.3) is 0 Å². The van der Waals surface area contributed by atoms with Crippen molar-refractivity contribution in [2.24, 2.45) is 5.73 Å². The van der Waals surface area contributed by atoms with E-state index in [1.54, 1.807) is 0 Å². The molecule has 4 nitrogen and oxygen atoms in total. The summed E-state index contributed by atoms with van der Waals surface area (Å²) in [6.45, 7) is 3.34. The van der Waals surface area contributed by atoms with E-state index in [2.05, 4.69) is 17.0 Å². The van der Waals surface area contributed by atoms with Crippen LogP contribution in [0.15, 0.2) is 0 Å². The van der Waals surface area contributed by atoms with Gasteiger partial charge in [-0.15, -0.1) is 0 Å². The van der Waals surface area contributed by atoms with Crippen LogP contribution >= 0.6 is 0 Å². The van der Waals surface area contributed by atoms with Crippen molar-refractivity contribution in [3.05, 3.63) is 0 Å². The van der Waals surface area contributed by atoms with Gasteiger partial charge in [-0.05, 0) is 25.9 Å². The molecule has 16 heavy (non-hydrogen) atoms. The van der Waals surface area contributed by atoms with Gasteiger partial charge in [0, 0.05) is 25.9 Å². The van der Waals surface area contributed by atoms with Gasteiger partial charge in [0.1, 0.15) is 0 Å². The highest BCUT2D eigenvalue weighted by molar-refractivity contribution is 4.76. The second kappa shape index (κ2) is 12.0. The maximum absolute atomic E-state index is 8.53. The Labute approximate surface area is 98.6 Å². The third-order valence-corrected chi connectivity index (χ3v) is 2.51. The van der Waals surface area contributed by atoms with E-state index >= 15 is 0 Å². The predicted octanol–water partition coefficient (Wildman–Crippen LogP) is 1.63. The van der Waals surface area contributed by atoms with E-state index in [0.29, 0.717) is 12.8 Å². The summed E-state index contributed by atoms with van der Waals surface area (Å²) in [5.41, 5.74) is 5.42. The highest BCUT2D eigenvalue weighted by Gasteiger charge is 2.03. The van der Waals surface area contributed by atoms with Crippen LogP contribution in [0.4, 0.5) is 0 Å². The Bertz CT molecular complexity index is 208. The SMILES string of the molecule is N#CCCN(CCC#N)CCCCCCN. The average molecular weight is 222 g/mol. The first-order chi connectivity index (χ1) is 7.85. The van der Waals surface area contributed by atoms with Gasteiger partial charge in [0.2, 0.25) is 0 Å². The smallest absolute Gasteiger partial charge is 0.0635 e. The Morgan fingerprint density at radius 3 is 1.88 bits per heavy atom. The van der Waals surface area contributed by atoms with Crippen LogP contribution in [0.3, 0.4) is 0 Å². The van der Waals surface area contributed by atoms with Crippen molar-refractivity contribution < 1.29 is 0 Å². The molecule has 0 aliphatic carbocycles. The molecule has 0 unspecified atom stereocenters. The fourth-order valence-electron chi connectivity index (χ4n) is 1.58. The molecule has 0 amide bonds. The zero-order valence-corrected chi connectivity index (χ0v) is 9.99. The van der Waals surface area contributed by atoms with Gasteiger partial charge in [0.05, 0.1) is 12.1 Å². The highest BCUT2D eigenvalue weighted by Crippen LogP contribution is 2.02. The first-order valence-electron chi connectivity index (χ1n) is 6.01. The van der Waals surface area contributed by atoms with Crippen LogP contribution in [0.2, 0.25) is 0 Å². The highest BCUT2D eigenvalue weighted by atomic mass is 15.1. The Kier molecular flexibility index (Phi) is 11.1. The van der Waals surface area contributed by atoms with Crippen molar-refractivity contribution in [1.82, 2.24) is 4.90 Å². The number of nitrogens with zero attached hydrogens (tertiary/aromatic N) is 3. The summed E-state index contributed by atoms with van der Waals surface area (Å²) in [6.07, 6.45) is 5.70. The lowest BCUT2D eigenvalue weighted by molar-refractivity contribution is 0.279. The summed E-state index contributed by atoms with van der Waals surface area (Å²) < 4.78 is 0. The lowest BCUT2D eigenvalue weighted by atomic mass is 10.2. The minimum Gasteiger partial charge on any atom is -0.330 e. The minimum atomic E-state index is 0.550. The van der Waals surface area contributed by atoms with Gasteiger partial charge in [-0.25, -0.2) is 0 Å². The average Bonchev–Trinajstić information content (AvgIpc) is 2.31. The van der Waals surface area contributed by atoms with E-state index < -0.39 is 0 Å². The Balaban J connectivity index is 3.57. The van der Waals surface area contributed by atoms with Gasteiger partial charge in [0.15, 0.2) is 0 Å². The quantitative estimate of drug-likeness (QED) is 0.570. The van der Waals surface area contributed by atoms with Gasteiger partial charge in [-0.3, -0.25) is 0 Å². The maximum atomic E-state index is 8.53. The van der Waals surface area contributed by atoms with E-state index in [9.17, 15) is 0 Å². The Hall–Kier alpha value is -1.10. The molecule has 0 aromatic heterocycles. The van der Waals surface area contributed by atoms with E-state index in [-0.39, 0.29) is 0 Å². The number of hydrogen-bond acceptors (Lipinski definition) is 4. The minimum absolute atomic E-state index is 0.550. The van der Waals surface area contributed by atoms with E-state index in [1.807, 2.05) is 0 Å². The van der Waals surface area contributed by atoms with Gasteiger partial charge in [0.25, 0.3) is 0 Å². The van der Waals surface area contributed by atoms with Crippen molar-refractivity contribution in [3.8, 4) is 12.1 Å². The molecule has 0 saturated carbocycles. The normalized spacial score (nSPS) is 10.0. The summed E-state index contributed by atoms with van der Waals surface area (Å²) in [5, 5.41) is 17.1. The Morgan fingerprint density at radius 1 is 0.812 bits per heavy atom. The van der Waals surface area contributed by atoms with Crippen molar-refractivity contribution >= 4 is 0 Å². The van der Waals surface area contributed by atoms with Crippen molar-refractivity contribution in [3.63, 3.8) is 0 Å². The second-order valence-corrected chi connectivity index (χ2v) is 3.86.